The third kappa shape index (κ3) is 1.98. The van der Waals surface area contributed by atoms with Gasteiger partial charge in [-0.3, -0.25) is 0 Å². The molecule has 10 heavy (non-hydrogen) atoms. The zero-order valence-electron chi connectivity index (χ0n) is 7.24. The molecular formula is C9H19N. The summed E-state index contributed by atoms with van der Waals surface area (Å²) in [6.07, 6.45) is 6.84. The van der Waals surface area contributed by atoms with Gasteiger partial charge in [0.1, 0.15) is 0 Å². The first-order valence-electron chi connectivity index (χ1n) is 4.52. The molecule has 0 aromatic carbocycles. The molecule has 1 unspecified atom stereocenters. The fraction of sp³-hybridized carbons (Fsp3) is 1.00. The Labute approximate surface area is 64.2 Å². The van der Waals surface area contributed by atoms with E-state index in [1.165, 1.54) is 38.6 Å². The summed E-state index contributed by atoms with van der Waals surface area (Å²) in [6.45, 7) is 5.85. The third-order valence-corrected chi connectivity index (χ3v) is 2.74. The van der Waals surface area contributed by atoms with E-state index in [2.05, 4.69) is 19.2 Å². The highest BCUT2D eigenvalue weighted by atomic mass is 15.0. The van der Waals surface area contributed by atoms with Crippen molar-refractivity contribution >= 4 is 0 Å². The Hall–Kier alpha value is -0.0400. The van der Waals surface area contributed by atoms with Crippen molar-refractivity contribution in [3.8, 4) is 0 Å². The molecule has 1 aliphatic rings. The topological polar surface area (TPSA) is 12.0 Å². The van der Waals surface area contributed by atoms with Crippen molar-refractivity contribution in [3.05, 3.63) is 0 Å². The van der Waals surface area contributed by atoms with Crippen LogP contribution in [0.4, 0.5) is 0 Å². The minimum Gasteiger partial charge on any atom is -0.312 e. The maximum Gasteiger partial charge on any atom is 0.0150 e. The van der Waals surface area contributed by atoms with Crippen LogP contribution in [0.5, 0.6) is 0 Å². The Bertz CT molecular complexity index is 90.9. The summed E-state index contributed by atoms with van der Waals surface area (Å²) in [5.74, 6) is 0. The normalized spacial score (nSPS) is 35.4. The van der Waals surface area contributed by atoms with Crippen molar-refractivity contribution in [1.82, 2.24) is 5.32 Å². The second-order valence-corrected chi connectivity index (χ2v) is 3.65. The van der Waals surface area contributed by atoms with E-state index in [0.29, 0.717) is 5.54 Å². The van der Waals surface area contributed by atoms with Crippen LogP contribution in [-0.4, -0.2) is 12.1 Å². The van der Waals surface area contributed by atoms with Gasteiger partial charge in [0.25, 0.3) is 0 Å². The maximum atomic E-state index is 3.61. The summed E-state index contributed by atoms with van der Waals surface area (Å²) in [6, 6.07) is 0. The van der Waals surface area contributed by atoms with E-state index in [-0.39, 0.29) is 0 Å². The quantitative estimate of drug-likeness (QED) is 0.591. The van der Waals surface area contributed by atoms with Crippen LogP contribution in [0.1, 0.15) is 46.0 Å². The first-order chi connectivity index (χ1) is 4.77. The van der Waals surface area contributed by atoms with Crippen LogP contribution in [0.25, 0.3) is 0 Å². The summed E-state index contributed by atoms with van der Waals surface area (Å²) in [5, 5.41) is 3.61. The first kappa shape index (κ1) is 8.06. The minimum absolute atomic E-state index is 0.455. The lowest BCUT2D eigenvalue weighted by atomic mass is 9.93. The molecular weight excluding hydrogens is 122 g/mol. The molecule has 0 radical (unpaired) electrons. The Morgan fingerprint density at radius 2 is 2.10 bits per heavy atom. The fourth-order valence-corrected chi connectivity index (χ4v) is 1.60. The average Bonchev–Trinajstić information content (AvgIpc) is 2.15. The molecule has 1 atom stereocenters. The molecule has 0 bridgehead atoms. The van der Waals surface area contributed by atoms with Gasteiger partial charge in [-0.15, -0.1) is 0 Å². The van der Waals surface area contributed by atoms with Gasteiger partial charge < -0.3 is 5.32 Å². The predicted octanol–water partition coefficient (Wildman–Crippen LogP) is 2.32. The van der Waals surface area contributed by atoms with Crippen molar-refractivity contribution in [2.45, 2.75) is 51.5 Å². The van der Waals surface area contributed by atoms with Gasteiger partial charge in [0.05, 0.1) is 0 Å². The predicted molar refractivity (Wildman–Crippen MR) is 45.2 cm³/mol. The minimum atomic E-state index is 0.455. The fourth-order valence-electron chi connectivity index (χ4n) is 1.60. The van der Waals surface area contributed by atoms with Crippen LogP contribution in [0, 0.1) is 0 Å². The van der Waals surface area contributed by atoms with Crippen molar-refractivity contribution in [1.29, 1.82) is 0 Å². The molecule has 1 aliphatic heterocycles. The van der Waals surface area contributed by atoms with Crippen LogP contribution in [0.2, 0.25) is 0 Å². The van der Waals surface area contributed by atoms with Crippen molar-refractivity contribution in [2.75, 3.05) is 6.54 Å². The monoisotopic (exact) mass is 141 g/mol. The van der Waals surface area contributed by atoms with E-state index in [9.17, 15) is 0 Å². The molecule has 0 aliphatic carbocycles. The van der Waals surface area contributed by atoms with E-state index in [1.807, 2.05) is 0 Å². The molecule has 1 N–H and O–H groups in total. The standard InChI is InChI=1S/C9H19N/c1-3-9(2)7-5-4-6-8-10-9/h10H,3-8H2,1-2H3. The van der Waals surface area contributed by atoms with Gasteiger partial charge in [-0.05, 0) is 32.7 Å². The number of hydrogen-bond acceptors (Lipinski definition) is 1. The highest BCUT2D eigenvalue weighted by Gasteiger charge is 2.21. The zero-order chi connectivity index (χ0) is 7.45. The van der Waals surface area contributed by atoms with Gasteiger partial charge in [-0.2, -0.15) is 0 Å². The van der Waals surface area contributed by atoms with E-state index in [1.54, 1.807) is 0 Å². The van der Waals surface area contributed by atoms with Crippen molar-refractivity contribution in [3.63, 3.8) is 0 Å². The first-order valence-corrected chi connectivity index (χ1v) is 4.52. The van der Waals surface area contributed by atoms with Crippen molar-refractivity contribution < 1.29 is 0 Å². The molecule has 1 saturated heterocycles. The Kier molecular flexibility index (Phi) is 2.72. The highest BCUT2D eigenvalue weighted by Crippen LogP contribution is 2.20. The molecule has 0 aromatic heterocycles. The lowest BCUT2D eigenvalue weighted by Gasteiger charge is -2.27. The SMILES string of the molecule is CCC1(C)CCCCCN1. The second-order valence-electron chi connectivity index (χ2n) is 3.65. The van der Waals surface area contributed by atoms with Gasteiger partial charge in [-0.1, -0.05) is 19.8 Å². The molecule has 0 saturated carbocycles. The molecule has 1 rings (SSSR count). The van der Waals surface area contributed by atoms with Crippen LogP contribution < -0.4 is 5.32 Å². The third-order valence-electron chi connectivity index (χ3n) is 2.74. The zero-order valence-corrected chi connectivity index (χ0v) is 7.24. The summed E-state index contributed by atoms with van der Waals surface area (Å²) in [7, 11) is 0. The number of rotatable bonds is 1. The molecule has 1 heteroatoms. The van der Waals surface area contributed by atoms with Crippen LogP contribution in [0.3, 0.4) is 0 Å². The Morgan fingerprint density at radius 1 is 1.30 bits per heavy atom. The molecule has 0 spiro atoms. The molecule has 60 valence electrons. The molecule has 1 heterocycles. The van der Waals surface area contributed by atoms with Crippen LogP contribution in [0.15, 0.2) is 0 Å². The molecule has 1 fully saturated rings. The molecule has 0 aromatic rings. The maximum absolute atomic E-state index is 3.61. The second kappa shape index (κ2) is 3.38. The lowest BCUT2D eigenvalue weighted by molar-refractivity contribution is 0.337. The number of nitrogens with one attached hydrogen (secondary N) is 1. The van der Waals surface area contributed by atoms with Gasteiger partial charge in [0, 0.05) is 5.54 Å². The Balaban J connectivity index is 2.41. The highest BCUT2D eigenvalue weighted by molar-refractivity contribution is 4.83. The van der Waals surface area contributed by atoms with Gasteiger partial charge in [-0.25, -0.2) is 0 Å². The van der Waals surface area contributed by atoms with Crippen LogP contribution in [-0.2, 0) is 0 Å². The lowest BCUT2D eigenvalue weighted by Crippen LogP contribution is -2.40. The smallest absolute Gasteiger partial charge is 0.0150 e. The Morgan fingerprint density at radius 3 is 2.80 bits per heavy atom. The summed E-state index contributed by atoms with van der Waals surface area (Å²) in [4.78, 5) is 0. The van der Waals surface area contributed by atoms with Crippen LogP contribution >= 0.6 is 0 Å². The molecule has 1 nitrogen and oxygen atoms in total. The summed E-state index contributed by atoms with van der Waals surface area (Å²) >= 11 is 0. The average molecular weight is 141 g/mol. The molecule has 0 amide bonds. The summed E-state index contributed by atoms with van der Waals surface area (Å²) in [5.41, 5.74) is 0.455. The van der Waals surface area contributed by atoms with Gasteiger partial charge >= 0.3 is 0 Å². The largest absolute Gasteiger partial charge is 0.312 e. The van der Waals surface area contributed by atoms with E-state index in [0.717, 1.165) is 0 Å². The van der Waals surface area contributed by atoms with Gasteiger partial charge in [0.15, 0.2) is 0 Å². The van der Waals surface area contributed by atoms with Gasteiger partial charge in [0.2, 0.25) is 0 Å². The van der Waals surface area contributed by atoms with E-state index >= 15 is 0 Å². The van der Waals surface area contributed by atoms with E-state index in [4.69, 9.17) is 0 Å². The van der Waals surface area contributed by atoms with Crippen molar-refractivity contribution in [2.24, 2.45) is 0 Å². The summed E-state index contributed by atoms with van der Waals surface area (Å²) < 4.78 is 0. The number of hydrogen-bond donors (Lipinski definition) is 1. The van der Waals surface area contributed by atoms with E-state index < -0.39 is 0 Å².